The fourth-order valence-corrected chi connectivity index (χ4v) is 1.88. The van der Waals surface area contributed by atoms with Gasteiger partial charge in [-0.15, -0.1) is 0 Å². The summed E-state index contributed by atoms with van der Waals surface area (Å²) >= 11 is 0. The molecule has 0 spiro atoms. The Morgan fingerprint density at radius 3 is 2.71 bits per heavy atom. The van der Waals surface area contributed by atoms with Crippen LogP contribution in [0.3, 0.4) is 0 Å². The predicted octanol–water partition coefficient (Wildman–Crippen LogP) is 2.10. The summed E-state index contributed by atoms with van der Waals surface area (Å²) in [5, 5.41) is 2.71. The number of benzene rings is 1. The third-order valence-electron chi connectivity index (χ3n) is 3.03. The Morgan fingerprint density at radius 1 is 1.19 bits per heavy atom. The van der Waals surface area contributed by atoms with Gasteiger partial charge in [0.1, 0.15) is 0 Å². The van der Waals surface area contributed by atoms with E-state index in [-0.39, 0.29) is 18.3 Å². The number of aryl methyl sites for hydroxylation is 1. The van der Waals surface area contributed by atoms with Gasteiger partial charge in [0, 0.05) is 6.54 Å². The zero-order valence-corrected chi connectivity index (χ0v) is 11.8. The third-order valence-corrected chi connectivity index (χ3v) is 3.03. The fourth-order valence-electron chi connectivity index (χ4n) is 1.88. The first-order chi connectivity index (χ1) is 10.2. The van der Waals surface area contributed by atoms with Gasteiger partial charge in [-0.3, -0.25) is 4.79 Å². The van der Waals surface area contributed by atoms with Crippen molar-refractivity contribution in [2.75, 3.05) is 13.2 Å². The highest BCUT2D eigenvalue weighted by Crippen LogP contribution is 2.06. The highest BCUT2D eigenvalue weighted by molar-refractivity contribution is 5.88. The molecule has 1 aromatic heterocycles. The minimum atomic E-state index is -0.644. The van der Waals surface area contributed by atoms with Crippen molar-refractivity contribution in [1.29, 1.82) is 0 Å². The molecule has 1 heterocycles. The number of hydrogen-bond donors (Lipinski definition) is 1. The molecule has 2 rings (SSSR count). The van der Waals surface area contributed by atoms with Crippen molar-refractivity contribution in [3.8, 4) is 0 Å². The van der Waals surface area contributed by atoms with E-state index < -0.39 is 5.97 Å². The largest absolute Gasteiger partial charge is 0.457 e. The molecule has 1 N–H and O–H groups in total. The van der Waals surface area contributed by atoms with E-state index in [4.69, 9.17) is 9.15 Å². The molecule has 0 aliphatic carbocycles. The van der Waals surface area contributed by atoms with E-state index in [1.807, 2.05) is 31.2 Å². The summed E-state index contributed by atoms with van der Waals surface area (Å²) in [6, 6.07) is 11.1. The van der Waals surface area contributed by atoms with Gasteiger partial charge in [-0.2, -0.15) is 0 Å². The summed E-state index contributed by atoms with van der Waals surface area (Å²) in [5.41, 5.74) is 2.38. The zero-order chi connectivity index (χ0) is 15.1. The predicted molar refractivity (Wildman–Crippen MR) is 76.9 cm³/mol. The molecule has 0 saturated heterocycles. The average molecular weight is 287 g/mol. The van der Waals surface area contributed by atoms with E-state index >= 15 is 0 Å². The lowest BCUT2D eigenvalue weighted by molar-refractivity contribution is -0.124. The number of ether oxygens (including phenoxy) is 1. The van der Waals surface area contributed by atoms with E-state index in [0.717, 1.165) is 6.42 Å². The van der Waals surface area contributed by atoms with Crippen molar-refractivity contribution in [2.45, 2.75) is 13.3 Å². The molecule has 0 aliphatic heterocycles. The van der Waals surface area contributed by atoms with Gasteiger partial charge in [0.15, 0.2) is 6.61 Å². The van der Waals surface area contributed by atoms with E-state index in [1.165, 1.54) is 23.5 Å². The van der Waals surface area contributed by atoms with Crippen LogP contribution in [0.5, 0.6) is 0 Å². The van der Waals surface area contributed by atoms with E-state index in [1.54, 1.807) is 6.07 Å². The highest BCUT2D eigenvalue weighted by Gasteiger charge is 2.12. The molecule has 5 nitrogen and oxygen atoms in total. The van der Waals surface area contributed by atoms with Gasteiger partial charge < -0.3 is 14.5 Å². The molecule has 0 radical (unpaired) electrons. The molecular weight excluding hydrogens is 270 g/mol. The monoisotopic (exact) mass is 287 g/mol. The van der Waals surface area contributed by atoms with Crippen LogP contribution in [0.15, 0.2) is 47.1 Å². The lowest BCUT2D eigenvalue weighted by atomic mass is 10.1. The molecule has 0 saturated carbocycles. The average Bonchev–Trinajstić information content (AvgIpc) is 3.01. The number of hydrogen-bond acceptors (Lipinski definition) is 4. The molecule has 0 fully saturated rings. The van der Waals surface area contributed by atoms with Gasteiger partial charge in [-0.1, -0.05) is 24.3 Å². The lowest BCUT2D eigenvalue weighted by Crippen LogP contribution is -2.30. The minimum absolute atomic E-state index is 0.0858. The van der Waals surface area contributed by atoms with Crippen LogP contribution in [-0.4, -0.2) is 25.0 Å². The summed E-state index contributed by atoms with van der Waals surface area (Å²) in [4.78, 5) is 23.0. The third kappa shape index (κ3) is 4.49. The molecule has 21 heavy (non-hydrogen) atoms. The van der Waals surface area contributed by atoms with Crippen LogP contribution in [0.2, 0.25) is 0 Å². The van der Waals surface area contributed by atoms with Gasteiger partial charge in [-0.25, -0.2) is 4.79 Å². The van der Waals surface area contributed by atoms with Crippen molar-refractivity contribution >= 4 is 11.9 Å². The number of nitrogens with one attached hydrogen (secondary N) is 1. The van der Waals surface area contributed by atoms with Crippen LogP contribution in [0.1, 0.15) is 21.7 Å². The van der Waals surface area contributed by atoms with Crippen LogP contribution >= 0.6 is 0 Å². The number of rotatable bonds is 6. The smallest absolute Gasteiger partial charge is 0.374 e. The number of carbonyl (C=O) groups is 2. The topological polar surface area (TPSA) is 68.5 Å². The Balaban J connectivity index is 1.68. The zero-order valence-electron chi connectivity index (χ0n) is 11.8. The first kappa shape index (κ1) is 14.8. The molecule has 0 atom stereocenters. The van der Waals surface area contributed by atoms with Gasteiger partial charge in [0.2, 0.25) is 5.76 Å². The second-order valence-electron chi connectivity index (χ2n) is 4.58. The summed E-state index contributed by atoms with van der Waals surface area (Å²) in [6.07, 6.45) is 2.11. The Bertz CT molecular complexity index is 604. The van der Waals surface area contributed by atoms with Crippen molar-refractivity contribution in [3.63, 3.8) is 0 Å². The lowest BCUT2D eigenvalue weighted by Gasteiger charge is -2.07. The van der Waals surface area contributed by atoms with Crippen LogP contribution in [-0.2, 0) is 16.0 Å². The molecule has 0 aliphatic rings. The molecule has 5 heteroatoms. The second kappa shape index (κ2) is 7.28. The Morgan fingerprint density at radius 2 is 2.00 bits per heavy atom. The molecule has 2 aromatic rings. The minimum Gasteiger partial charge on any atom is -0.457 e. The Labute approximate surface area is 122 Å². The number of carbonyl (C=O) groups excluding carboxylic acids is 2. The van der Waals surface area contributed by atoms with Crippen LogP contribution < -0.4 is 5.32 Å². The maximum Gasteiger partial charge on any atom is 0.374 e. The van der Waals surface area contributed by atoms with Crippen molar-refractivity contribution in [2.24, 2.45) is 0 Å². The van der Waals surface area contributed by atoms with Gasteiger partial charge in [0.05, 0.1) is 6.26 Å². The van der Waals surface area contributed by atoms with Gasteiger partial charge in [-0.05, 0) is 36.6 Å². The number of esters is 1. The van der Waals surface area contributed by atoms with E-state index in [0.29, 0.717) is 6.54 Å². The van der Waals surface area contributed by atoms with Crippen LogP contribution in [0, 0.1) is 6.92 Å². The second-order valence-corrected chi connectivity index (χ2v) is 4.58. The van der Waals surface area contributed by atoms with E-state index in [2.05, 4.69) is 5.32 Å². The van der Waals surface area contributed by atoms with E-state index in [9.17, 15) is 9.59 Å². The maximum atomic E-state index is 11.6. The quantitative estimate of drug-likeness (QED) is 0.826. The van der Waals surface area contributed by atoms with Crippen molar-refractivity contribution in [3.05, 3.63) is 59.5 Å². The normalized spacial score (nSPS) is 10.1. The highest BCUT2D eigenvalue weighted by atomic mass is 16.5. The summed E-state index contributed by atoms with van der Waals surface area (Å²) in [5.74, 6) is -0.889. The fraction of sp³-hybridized carbons (Fsp3) is 0.250. The van der Waals surface area contributed by atoms with Gasteiger partial charge in [0.25, 0.3) is 5.91 Å². The molecule has 1 amide bonds. The Hall–Kier alpha value is -2.56. The van der Waals surface area contributed by atoms with Crippen LogP contribution in [0.25, 0.3) is 0 Å². The molecule has 110 valence electrons. The maximum absolute atomic E-state index is 11.6. The SMILES string of the molecule is Cc1ccccc1CCNC(=O)COC(=O)c1ccco1. The molecule has 0 unspecified atom stereocenters. The molecule has 0 bridgehead atoms. The Kier molecular flexibility index (Phi) is 5.15. The first-order valence-electron chi connectivity index (χ1n) is 6.68. The first-order valence-corrected chi connectivity index (χ1v) is 6.68. The summed E-state index contributed by atoms with van der Waals surface area (Å²) in [7, 11) is 0. The molecular formula is C16H17NO4. The summed E-state index contributed by atoms with van der Waals surface area (Å²) < 4.78 is 9.70. The molecule has 1 aromatic carbocycles. The van der Waals surface area contributed by atoms with Crippen molar-refractivity contribution < 1.29 is 18.7 Å². The standard InChI is InChI=1S/C16H17NO4/c1-12-5-2-3-6-13(12)8-9-17-15(18)11-21-16(19)14-7-4-10-20-14/h2-7,10H,8-9,11H2,1H3,(H,17,18). The van der Waals surface area contributed by atoms with Crippen molar-refractivity contribution in [1.82, 2.24) is 5.32 Å². The summed E-state index contributed by atoms with van der Waals surface area (Å²) in [6.45, 7) is 2.22. The van der Waals surface area contributed by atoms with Gasteiger partial charge >= 0.3 is 5.97 Å². The van der Waals surface area contributed by atoms with Crippen LogP contribution in [0.4, 0.5) is 0 Å². The number of furan rings is 1. The number of amides is 1.